The highest BCUT2D eigenvalue weighted by Crippen LogP contribution is 2.42. The van der Waals surface area contributed by atoms with Crippen molar-refractivity contribution in [3.63, 3.8) is 0 Å². The summed E-state index contributed by atoms with van der Waals surface area (Å²) in [5, 5.41) is 1.06. The van der Waals surface area contributed by atoms with Crippen LogP contribution in [0, 0.1) is 12.8 Å². The van der Waals surface area contributed by atoms with Crippen LogP contribution in [0.2, 0.25) is 0 Å². The lowest BCUT2D eigenvalue weighted by molar-refractivity contribution is 0.261. The molecule has 0 radical (unpaired) electrons. The Kier molecular flexibility index (Phi) is 4.09. The summed E-state index contributed by atoms with van der Waals surface area (Å²) in [7, 11) is -1.52. The molecule has 29 heavy (non-hydrogen) atoms. The Morgan fingerprint density at radius 1 is 1.14 bits per heavy atom. The molecule has 0 N–H and O–H groups in total. The number of benzene rings is 2. The van der Waals surface area contributed by atoms with Gasteiger partial charge in [0, 0.05) is 30.1 Å². The van der Waals surface area contributed by atoms with Gasteiger partial charge < -0.3 is 0 Å². The number of likely N-dealkylation sites (N-methyl/N-ethyl adjacent to an activating group) is 1. The second-order valence-corrected chi connectivity index (χ2v) is 9.96. The summed E-state index contributed by atoms with van der Waals surface area (Å²) >= 11 is 0. The van der Waals surface area contributed by atoms with Crippen molar-refractivity contribution in [1.29, 1.82) is 0 Å². The molecule has 0 saturated carbocycles. The van der Waals surface area contributed by atoms with E-state index in [1.165, 1.54) is 9.55 Å². The van der Waals surface area contributed by atoms with Crippen LogP contribution < -0.4 is 0 Å². The number of hydrogen-bond donors (Lipinski definition) is 0. The molecule has 0 bridgehead atoms. The van der Waals surface area contributed by atoms with E-state index in [1.807, 2.05) is 43.5 Å². The number of nitrogens with zero attached hydrogens (tertiary/aromatic N) is 2. The molecule has 4 nitrogen and oxygen atoms in total. The van der Waals surface area contributed by atoms with Gasteiger partial charge >= 0.3 is 0 Å². The Balaban J connectivity index is 1.74. The largest absolute Gasteiger partial charge is 0.298 e. The molecule has 5 rings (SSSR count). The van der Waals surface area contributed by atoms with Gasteiger partial charge in [0.05, 0.1) is 10.4 Å². The van der Waals surface area contributed by atoms with Gasteiger partial charge in [-0.1, -0.05) is 42.0 Å². The molecule has 1 aromatic heterocycles. The molecule has 0 unspecified atom stereocenters. The van der Waals surface area contributed by atoms with Gasteiger partial charge in [-0.15, -0.1) is 6.58 Å². The summed E-state index contributed by atoms with van der Waals surface area (Å²) in [6, 6.07) is 13.3. The molecule has 0 fully saturated rings. The van der Waals surface area contributed by atoms with Crippen LogP contribution in [-0.2, 0) is 16.4 Å². The second-order valence-electron chi connectivity index (χ2n) is 8.15. The van der Waals surface area contributed by atoms with Crippen LogP contribution in [0.1, 0.15) is 16.7 Å². The van der Waals surface area contributed by atoms with Gasteiger partial charge in [-0.05, 0) is 55.3 Å². The highest BCUT2D eigenvalue weighted by Gasteiger charge is 2.34. The van der Waals surface area contributed by atoms with Gasteiger partial charge in [0.2, 0.25) is 0 Å². The first-order valence-electron chi connectivity index (χ1n) is 9.90. The van der Waals surface area contributed by atoms with Crippen molar-refractivity contribution in [2.45, 2.75) is 24.3 Å². The fraction of sp³-hybridized carbons (Fsp3) is 0.250. The molecule has 3 aromatic rings. The molecule has 2 aromatic carbocycles. The molecule has 1 aliphatic heterocycles. The number of hydrogen-bond acceptors (Lipinski definition) is 3. The minimum atomic E-state index is -3.65. The quantitative estimate of drug-likeness (QED) is 0.613. The lowest BCUT2D eigenvalue weighted by atomic mass is 9.80. The van der Waals surface area contributed by atoms with E-state index in [4.69, 9.17) is 0 Å². The maximum atomic E-state index is 13.4. The average molecular weight is 405 g/mol. The van der Waals surface area contributed by atoms with E-state index in [0.717, 1.165) is 40.6 Å². The molecule has 5 heteroatoms. The minimum Gasteiger partial charge on any atom is -0.298 e. The summed E-state index contributed by atoms with van der Waals surface area (Å²) in [4.78, 5) is 2.67. The van der Waals surface area contributed by atoms with E-state index in [-0.39, 0.29) is 6.04 Å². The summed E-state index contributed by atoms with van der Waals surface area (Å²) in [5.41, 5.74) is 5.31. The van der Waals surface area contributed by atoms with Crippen molar-refractivity contribution < 1.29 is 8.42 Å². The van der Waals surface area contributed by atoms with Gasteiger partial charge in [-0.25, -0.2) is 12.4 Å². The molecule has 0 saturated heterocycles. The first kappa shape index (κ1) is 18.4. The van der Waals surface area contributed by atoms with Crippen LogP contribution in [0.3, 0.4) is 0 Å². The molecule has 1 aliphatic carbocycles. The molecular formula is C24H24N2O2S. The van der Waals surface area contributed by atoms with Gasteiger partial charge in [-0.3, -0.25) is 4.90 Å². The third-order valence-electron chi connectivity index (χ3n) is 6.26. The normalized spacial score (nSPS) is 21.7. The smallest absolute Gasteiger partial charge is 0.268 e. The predicted molar refractivity (Wildman–Crippen MR) is 117 cm³/mol. The third kappa shape index (κ3) is 2.72. The fourth-order valence-corrected chi connectivity index (χ4v) is 6.12. The predicted octanol–water partition coefficient (Wildman–Crippen LogP) is 4.24. The maximum absolute atomic E-state index is 13.4. The van der Waals surface area contributed by atoms with Crippen LogP contribution in [-0.4, -0.2) is 36.9 Å². The molecule has 0 amide bonds. The summed E-state index contributed by atoms with van der Waals surface area (Å²) in [5.74, 6) is 0.307. The summed E-state index contributed by atoms with van der Waals surface area (Å²) in [6.07, 6.45) is 6.94. The number of aryl methyl sites for hydroxylation is 1. The first-order chi connectivity index (χ1) is 13.9. The van der Waals surface area contributed by atoms with E-state index >= 15 is 0 Å². The van der Waals surface area contributed by atoms with Crippen LogP contribution in [0.15, 0.2) is 72.3 Å². The summed E-state index contributed by atoms with van der Waals surface area (Å²) < 4.78 is 28.3. The molecule has 148 valence electrons. The second kappa shape index (κ2) is 6.44. The topological polar surface area (TPSA) is 42.3 Å². The Labute approximate surface area is 171 Å². The average Bonchev–Trinajstić information content (AvgIpc) is 3.10. The van der Waals surface area contributed by atoms with Crippen LogP contribution in [0.25, 0.3) is 16.5 Å². The Morgan fingerprint density at radius 3 is 2.62 bits per heavy atom. The number of aromatic nitrogens is 1. The minimum absolute atomic E-state index is 0.266. The van der Waals surface area contributed by atoms with Gasteiger partial charge in [0.25, 0.3) is 10.0 Å². The van der Waals surface area contributed by atoms with Crippen molar-refractivity contribution in [3.05, 3.63) is 84.1 Å². The highest BCUT2D eigenvalue weighted by molar-refractivity contribution is 7.90. The molecular weight excluding hydrogens is 380 g/mol. The zero-order valence-electron chi connectivity index (χ0n) is 16.7. The van der Waals surface area contributed by atoms with Gasteiger partial charge in [0.1, 0.15) is 0 Å². The van der Waals surface area contributed by atoms with Gasteiger partial charge in [0.15, 0.2) is 0 Å². The van der Waals surface area contributed by atoms with E-state index in [0.29, 0.717) is 10.8 Å². The SMILES string of the molecule is C=C[C@H]1C=C2c3cccc4c3c(cn4S(=O)(=O)c3ccc(C)cc3)C[C@H]2N(C)C1. The van der Waals surface area contributed by atoms with Crippen molar-refractivity contribution in [1.82, 2.24) is 8.87 Å². The van der Waals surface area contributed by atoms with Crippen LogP contribution in [0.4, 0.5) is 0 Å². The molecule has 2 heterocycles. The third-order valence-corrected chi connectivity index (χ3v) is 7.95. The van der Waals surface area contributed by atoms with Crippen molar-refractivity contribution in [2.75, 3.05) is 13.6 Å². The van der Waals surface area contributed by atoms with Crippen LogP contribution >= 0.6 is 0 Å². The zero-order chi connectivity index (χ0) is 20.3. The van der Waals surface area contributed by atoms with E-state index < -0.39 is 10.0 Å². The lowest BCUT2D eigenvalue weighted by Crippen LogP contribution is -2.42. The summed E-state index contributed by atoms with van der Waals surface area (Å²) in [6.45, 7) is 6.86. The monoisotopic (exact) mass is 404 g/mol. The van der Waals surface area contributed by atoms with Crippen molar-refractivity contribution in [3.8, 4) is 0 Å². The Morgan fingerprint density at radius 2 is 1.90 bits per heavy atom. The zero-order valence-corrected chi connectivity index (χ0v) is 17.5. The maximum Gasteiger partial charge on any atom is 0.268 e. The Hall–Kier alpha value is -2.63. The number of fused-ring (bicyclic) bond motifs is 2. The molecule has 2 atom stereocenters. The first-order valence-corrected chi connectivity index (χ1v) is 11.3. The van der Waals surface area contributed by atoms with E-state index in [1.54, 1.807) is 12.1 Å². The fourth-order valence-electron chi connectivity index (χ4n) is 4.73. The molecule has 0 spiro atoms. The number of rotatable bonds is 3. The van der Waals surface area contributed by atoms with E-state index in [9.17, 15) is 8.42 Å². The van der Waals surface area contributed by atoms with Crippen molar-refractivity contribution >= 4 is 26.5 Å². The standard InChI is InChI=1S/C24H24N2O2S/c1-4-17-12-21-20-6-5-7-22-24(20)18(13-23(21)25(3)14-17)15-26(22)29(27,28)19-10-8-16(2)9-11-19/h4-12,15,17,23H,1,13-14H2,2-3H3/t17-,23+/m0/s1. The van der Waals surface area contributed by atoms with Crippen LogP contribution in [0.5, 0.6) is 0 Å². The highest BCUT2D eigenvalue weighted by atomic mass is 32.2. The van der Waals surface area contributed by atoms with Crippen molar-refractivity contribution in [2.24, 2.45) is 5.92 Å². The van der Waals surface area contributed by atoms with E-state index in [2.05, 4.69) is 30.7 Å². The van der Waals surface area contributed by atoms with Gasteiger partial charge in [-0.2, -0.15) is 0 Å². The molecule has 2 aliphatic rings. The lowest BCUT2D eigenvalue weighted by Gasteiger charge is -2.39. The Bertz CT molecular complexity index is 1270.